The van der Waals surface area contributed by atoms with Gasteiger partial charge in [0.2, 0.25) is 0 Å². The van der Waals surface area contributed by atoms with Crippen LogP contribution in [-0.4, -0.2) is 45.9 Å². The number of benzene rings is 1. The maximum atomic E-state index is 12.9. The number of nitrogens with zero attached hydrogens (tertiary/aromatic N) is 1. The molecule has 2 amide bonds. The van der Waals surface area contributed by atoms with Gasteiger partial charge in [0.05, 0.1) is 11.3 Å². The minimum absolute atomic E-state index is 0.311. The molecule has 0 saturated heterocycles. The number of carboxylic acids is 1. The number of fused-ring (bicyclic) bond motifs is 1. The van der Waals surface area contributed by atoms with E-state index >= 15 is 0 Å². The number of imide groups is 1. The van der Waals surface area contributed by atoms with Crippen molar-refractivity contribution in [3.05, 3.63) is 52.8 Å². The van der Waals surface area contributed by atoms with Crippen LogP contribution in [0.3, 0.4) is 0 Å². The molecule has 27 heavy (non-hydrogen) atoms. The Morgan fingerprint density at radius 2 is 2.00 bits per heavy atom. The number of nitrogens with one attached hydrogen (secondary N) is 1. The second kappa shape index (κ2) is 7.08. The molecule has 1 aliphatic rings. The van der Waals surface area contributed by atoms with E-state index in [4.69, 9.17) is 9.84 Å². The van der Waals surface area contributed by atoms with E-state index in [2.05, 4.69) is 4.98 Å². The topological polar surface area (TPSA) is 120 Å². The first kappa shape index (κ1) is 18.4. The number of hydrogen-bond acceptors (Lipinski definition) is 5. The standard InChI is InChI=1S/C19H18N2O6/c1-10-7-11(2)20-14(10)8-13-12-5-3-4-6-15(12)21(17(13)23)19(26)27-9-16(22)18(24)25/h3-8,16,20,22H,9H2,1-2H3,(H,24,25)/b13-8-. The zero-order valence-corrected chi connectivity index (χ0v) is 14.7. The highest BCUT2D eigenvalue weighted by molar-refractivity contribution is 6.41. The van der Waals surface area contributed by atoms with Gasteiger partial charge in [0, 0.05) is 17.0 Å². The van der Waals surface area contributed by atoms with E-state index in [9.17, 15) is 19.5 Å². The number of ether oxygens (including phenoxy) is 1. The lowest BCUT2D eigenvalue weighted by Gasteiger charge is -2.15. The summed E-state index contributed by atoms with van der Waals surface area (Å²) in [7, 11) is 0. The number of rotatable bonds is 4. The van der Waals surface area contributed by atoms with E-state index in [1.165, 1.54) is 0 Å². The summed E-state index contributed by atoms with van der Waals surface area (Å²) in [5.41, 5.74) is 3.86. The molecule has 0 saturated carbocycles. The van der Waals surface area contributed by atoms with Crippen LogP contribution < -0.4 is 4.90 Å². The smallest absolute Gasteiger partial charge is 0.421 e. The lowest BCUT2D eigenvalue weighted by atomic mass is 10.1. The summed E-state index contributed by atoms with van der Waals surface area (Å²) in [6.45, 7) is 3.05. The number of hydrogen-bond donors (Lipinski definition) is 3. The molecule has 2 heterocycles. The van der Waals surface area contributed by atoms with Crippen LogP contribution in [0.15, 0.2) is 30.3 Å². The Kier molecular flexibility index (Phi) is 4.83. The lowest BCUT2D eigenvalue weighted by molar-refractivity contribution is -0.148. The number of carbonyl (C=O) groups excluding carboxylic acids is 2. The second-order valence-corrected chi connectivity index (χ2v) is 6.20. The number of aromatic nitrogens is 1. The van der Waals surface area contributed by atoms with Crippen LogP contribution >= 0.6 is 0 Å². The molecule has 0 radical (unpaired) electrons. The normalized spacial score (nSPS) is 15.7. The molecule has 0 bridgehead atoms. The third-order valence-electron chi connectivity index (χ3n) is 4.18. The van der Waals surface area contributed by atoms with Gasteiger partial charge in [-0.15, -0.1) is 0 Å². The van der Waals surface area contributed by atoms with Crippen molar-refractivity contribution in [3.8, 4) is 0 Å². The van der Waals surface area contributed by atoms with Gasteiger partial charge in [-0.05, 0) is 37.6 Å². The summed E-state index contributed by atoms with van der Waals surface area (Å²) in [5, 5.41) is 17.9. The molecule has 0 aliphatic carbocycles. The number of aliphatic carboxylic acids is 1. The number of anilines is 1. The number of aryl methyl sites for hydroxylation is 2. The van der Waals surface area contributed by atoms with Gasteiger partial charge in [0.15, 0.2) is 6.10 Å². The summed E-state index contributed by atoms with van der Waals surface area (Å²) in [6.07, 6.45) is -1.24. The second-order valence-electron chi connectivity index (χ2n) is 6.20. The number of aliphatic hydroxyl groups excluding tert-OH is 1. The van der Waals surface area contributed by atoms with Gasteiger partial charge in [0.25, 0.3) is 5.91 Å². The quantitative estimate of drug-likeness (QED) is 0.709. The van der Waals surface area contributed by atoms with E-state index in [1.54, 1.807) is 30.3 Å². The Morgan fingerprint density at radius 3 is 2.63 bits per heavy atom. The summed E-state index contributed by atoms with van der Waals surface area (Å²) in [4.78, 5) is 39.9. The summed E-state index contributed by atoms with van der Waals surface area (Å²) < 4.78 is 4.80. The largest absolute Gasteiger partial charge is 0.479 e. The average Bonchev–Trinajstić information content (AvgIpc) is 3.09. The van der Waals surface area contributed by atoms with Gasteiger partial charge in [-0.25, -0.2) is 14.5 Å². The Morgan fingerprint density at radius 1 is 1.30 bits per heavy atom. The Labute approximate surface area is 154 Å². The predicted octanol–water partition coefficient (Wildman–Crippen LogP) is 2.10. The van der Waals surface area contributed by atoms with Crippen molar-refractivity contribution in [2.75, 3.05) is 11.5 Å². The van der Waals surface area contributed by atoms with E-state index in [1.807, 2.05) is 19.9 Å². The first-order valence-corrected chi connectivity index (χ1v) is 8.19. The first-order chi connectivity index (χ1) is 12.8. The molecule has 2 aromatic rings. The van der Waals surface area contributed by atoms with Crippen LogP contribution in [0.5, 0.6) is 0 Å². The Hall–Kier alpha value is -3.39. The zero-order chi connectivity index (χ0) is 19.7. The minimum atomic E-state index is -1.86. The molecule has 0 fully saturated rings. The lowest BCUT2D eigenvalue weighted by Crippen LogP contribution is -2.37. The third kappa shape index (κ3) is 3.47. The number of amides is 2. The SMILES string of the molecule is Cc1cc(C)c(/C=C2\C(=O)N(C(=O)OCC(O)C(=O)O)c3ccccc32)[nH]1. The monoisotopic (exact) mass is 370 g/mol. The number of aliphatic hydroxyl groups is 1. The van der Waals surface area contributed by atoms with Crippen LogP contribution in [0.2, 0.25) is 0 Å². The molecule has 140 valence electrons. The van der Waals surface area contributed by atoms with Crippen LogP contribution in [0.1, 0.15) is 22.5 Å². The van der Waals surface area contributed by atoms with Crippen molar-refractivity contribution in [3.63, 3.8) is 0 Å². The van der Waals surface area contributed by atoms with Crippen LogP contribution in [0.25, 0.3) is 11.6 Å². The number of para-hydroxylation sites is 1. The molecule has 8 heteroatoms. The molecule has 3 N–H and O–H groups in total. The Balaban J connectivity index is 1.94. The van der Waals surface area contributed by atoms with Crippen molar-refractivity contribution in [2.24, 2.45) is 0 Å². The van der Waals surface area contributed by atoms with E-state index < -0.39 is 30.7 Å². The molecule has 1 aromatic carbocycles. The predicted molar refractivity (Wildman–Crippen MR) is 97.1 cm³/mol. The van der Waals surface area contributed by atoms with Crippen LogP contribution in [-0.2, 0) is 14.3 Å². The van der Waals surface area contributed by atoms with Gasteiger partial charge >= 0.3 is 12.1 Å². The molecule has 1 aromatic heterocycles. The first-order valence-electron chi connectivity index (χ1n) is 8.19. The van der Waals surface area contributed by atoms with Gasteiger partial charge in [-0.1, -0.05) is 18.2 Å². The number of carboxylic acid groups (broad SMARTS) is 1. The van der Waals surface area contributed by atoms with Crippen molar-refractivity contribution in [1.29, 1.82) is 0 Å². The average molecular weight is 370 g/mol. The number of aromatic amines is 1. The van der Waals surface area contributed by atoms with Crippen molar-refractivity contribution in [2.45, 2.75) is 20.0 Å². The highest BCUT2D eigenvalue weighted by Crippen LogP contribution is 2.38. The fourth-order valence-electron chi connectivity index (χ4n) is 2.89. The molecule has 1 unspecified atom stereocenters. The summed E-state index contributed by atoms with van der Waals surface area (Å²) >= 11 is 0. The highest BCUT2D eigenvalue weighted by atomic mass is 16.6. The summed E-state index contributed by atoms with van der Waals surface area (Å²) in [6, 6.07) is 8.66. The molecule has 1 atom stereocenters. The molecular formula is C19H18N2O6. The summed E-state index contributed by atoms with van der Waals surface area (Å²) in [5.74, 6) is -2.10. The molecular weight excluding hydrogens is 352 g/mol. The molecule has 1 aliphatic heterocycles. The van der Waals surface area contributed by atoms with Crippen molar-refractivity contribution in [1.82, 2.24) is 4.98 Å². The van der Waals surface area contributed by atoms with Gasteiger partial charge in [-0.2, -0.15) is 0 Å². The van der Waals surface area contributed by atoms with E-state index in [-0.39, 0.29) is 0 Å². The number of H-pyrrole nitrogens is 1. The van der Waals surface area contributed by atoms with Crippen LogP contribution in [0, 0.1) is 13.8 Å². The fraction of sp³-hybridized carbons (Fsp3) is 0.211. The third-order valence-corrected chi connectivity index (χ3v) is 4.18. The fourth-order valence-corrected chi connectivity index (χ4v) is 2.89. The maximum Gasteiger partial charge on any atom is 0.421 e. The molecule has 8 nitrogen and oxygen atoms in total. The van der Waals surface area contributed by atoms with Crippen molar-refractivity contribution < 1.29 is 29.3 Å². The van der Waals surface area contributed by atoms with Gasteiger partial charge in [-0.3, -0.25) is 4.79 Å². The zero-order valence-electron chi connectivity index (χ0n) is 14.7. The van der Waals surface area contributed by atoms with E-state index in [0.717, 1.165) is 21.9 Å². The molecule has 3 rings (SSSR count). The van der Waals surface area contributed by atoms with Gasteiger partial charge < -0.3 is 19.9 Å². The van der Waals surface area contributed by atoms with Crippen molar-refractivity contribution >= 4 is 35.3 Å². The van der Waals surface area contributed by atoms with E-state index in [0.29, 0.717) is 16.8 Å². The highest BCUT2D eigenvalue weighted by Gasteiger charge is 2.38. The minimum Gasteiger partial charge on any atom is -0.479 e. The Bertz CT molecular complexity index is 959. The number of carbonyl (C=O) groups is 3. The van der Waals surface area contributed by atoms with Gasteiger partial charge in [0.1, 0.15) is 6.61 Å². The maximum absolute atomic E-state index is 12.9. The van der Waals surface area contributed by atoms with Crippen LogP contribution in [0.4, 0.5) is 10.5 Å². The molecule has 0 spiro atoms.